The van der Waals surface area contributed by atoms with Crippen LogP contribution in [0, 0.1) is 6.92 Å². The van der Waals surface area contributed by atoms with Crippen molar-refractivity contribution in [1.29, 1.82) is 0 Å². The topological polar surface area (TPSA) is 53.6 Å². The van der Waals surface area contributed by atoms with Gasteiger partial charge in [0.05, 0.1) is 18.8 Å². The highest BCUT2D eigenvalue weighted by molar-refractivity contribution is 5.99. The Balaban J connectivity index is 2.08. The maximum absolute atomic E-state index is 12.2. The van der Waals surface area contributed by atoms with Gasteiger partial charge in [-0.15, -0.1) is 0 Å². The van der Waals surface area contributed by atoms with Crippen molar-refractivity contribution in [3.63, 3.8) is 0 Å². The Bertz CT molecular complexity index is 428. The molecular formula is C13H19N3O2. The molecule has 0 radical (unpaired) electrons. The van der Waals surface area contributed by atoms with Gasteiger partial charge in [-0.2, -0.15) is 0 Å². The fourth-order valence-corrected chi connectivity index (χ4v) is 1.94. The van der Waals surface area contributed by atoms with E-state index in [9.17, 15) is 4.79 Å². The van der Waals surface area contributed by atoms with Gasteiger partial charge in [0.2, 0.25) is 0 Å². The zero-order valence-electron chi connectivity index (χ0n) is 10.8. The highest BCUT2D eigenvalue weighted by atomic mass is 16.5. The van der Waals surface area contributed by atoms with Crippen molar-refractivity contribution in [1.82, 2.24) is 10.4 Å². The van der Waals surface area contributed by atoms with Crippen LogP contribution in [-0.2, 0) is 4.74 Å². The van der Waals surface area contributed by atoms with Gasteiger partial charge < -0.3 is 10.1 Å². The van der Waals surface area contributed by atoms with Crippen LogP contribution < -0.4 is 10.7 Å². The van der Waals surface area contributed by atoms with Crippen LogP contribution in [0.15, 0.2) is 18.2 Å². The van der Waals surface area contributed by atoms with E-state index in [1.54, 1.807) is 0 Å². The number of carbonyl (C=O) groups excluding carboxylic acids is 1. The van der Waals surface area contributed by atoms with Crippen molar-refractivity contribution in [2.45, 2.75) is 6.92 Å². The van der Waals surface area contributed by atoms with Crippen molar-refractivity contribution in [3.05, 3.63) is 29.3 Å². The lowest BCUT2D eigenvalue weighted by molar-refractivity contribution is 0.0126. The summed E-state index contributed by atoms with van der Waals surface area (Å²) >= 11 is 0. The molecule has 5 heteroatoms. The molecule has 2 N–H and O–H groups in total. The predicted molar refractivity (Wildman–Crippen MR) is 70.6 cm³/mol. The monoisotopic (exact) mass is 249 g/mol. The third-order valence-electron chi connectivity index (χ3n) is 2.96. The minimum atomic E-state index is -0.0822. The van der Waals surface area contributed by atoms with Crippen molar-refractivity contribution < 1.29 is 9.53 Å². The third kappa shape index (κ3) is 3.00. The Morgan fingerprint density at radius 2 is 2.06 bits per heavy atom. The SMILES string of the molecule is CNc1cc(C)ccc1C(=O)NN1CCOCC1. The van der Waals surface area contributed by atoms with Gasteiger partial charge in [-0.3, -0.25) is 10.2 Å². The molecule has 0 aliphatic carbocycles. The Morgan fingerprint density at radius 3 is 2.72 bits per heavy atom. The molecule has 1 aliphatic heterocycles. The molecule has 5 nitrogen and oxygen atoms in total. The lowest BCUT2D eigenvalue weighted by Crippen LogP contribution is -2.48. The van der Waals surface area contributed by atoms with Crippen molar-refractivity contribution in [2.24, 2.45) is 0 Å². The van der Waals surface area contributed by atoms with E-state index >= 15 is 0 Å². The highest BCUT2D eigenvalue weighted by Crippen LogP contribution is 2.17. The molecule has 0 aromatic heterocycles. The number of nitrogens with one attached hydrogen (secondary N) is 2. The largest absolute Gasteiger partial charge is 0.387 e. The molecule has 1 aromatic carbocycles. The molecular weight excluding hydrogens is 230 g/mol. The van der Waals surface area contributed by atoms with Crippen LogP contribution in [0.25, 0.3) is 0 Å². The molecule has 1 fully saturated rings. The second kappa shape index (κ2) is 5.84. The average Bonchev–Trinajstić information content (AvgIpc) is 2.39. The van der Waals surface area contributed by atoms with E-state index in [2.05, 4.69) is 10.7 Å². The fourth-order valence-electron chi connectivity index (χ4n) is 1.94. The van der Waals surface area contributed by atoms with Gasteiger partial charge in [-0.25, -0.2) is 5.01 Å². The number of hydrazine groups is 1. The summed E-state index contributed by atoms with van der Waals surface area (Å²) in [6.07, 6.45) is 0. The first kappa shape index (κ1) is 12.9. The van der Waals surface area contributed by atoms with Gasteiger partial charge in [-0.1, -0.05) is 6.07 Å². The van der Waals surface area contributed by atoms with E-state index in [-0.39, 0.29) is 5.91 Å². The Morgan fingerprint density at radius 1 is 1.33 bits per heavy atom. The molecule has 1 saturated heterocycles. The van der Waals surface area contributed by atoms with E-state index in [0.29, 0.717) is 18.8 Å². The van der Waals surface area contributed by atoms with Crippen molar-refractivity contribution in [2.75, 3.05) is 38.7 Å². The molecule has 0 unspecified atom stereocenters. The first-order valence-electron chi connectivity index (χ1n) is 6.13. The molecule has 0 atom stereocenters. The number of hydrogen-bond acceptors (Lipinski definition) is 4. The minimum absolute atomic E-state index is 0.0822. The molecule has 0 saturated carbocycles. The summed E-state index contributed by atoms with van der Waals surface area (Å²) in [7, 11) is 1.82. The second-order valence-corrected chi connectivity index (χ2v) is 4.34. The van der Waals surface area contributed by atoms with Crippen LogP contribution in [0.3, 0.4) is 0 Å². The lowest BCUT2D eigenvalue weighted by atomic mass is 10.1. The van der Waals surface area contributed by atoms with Crippen LogP contribution in [0.5, 0.6) is 0 Å². The number of anilines is 1. The summed E-state index contributed by atoms with van der Waals surface area (Å²) in [6, 6.07) is 5.75. The minimum Gasteiger partial charge on any atom is -0.387 e. The van der Waals surface area contributed by atoms with Gasteiger partial charge in [-0.05, 0) is 24.6 Å². The number of carbonyl (C=O) groups is 1. The normalized spacial score (nSPS) is 16.3. The zero-order chi connectivity index (χ0) is 13.0. The number of ether oxygens (including phenoxy) is 1. The molecule has 1 aliphatic rings. The van der Waals surface area contributed by atoms with Crippen molar-refractivity contribution in [3.8, 4) is 0 Å². The van der Waals surface area contributed by atoms with Crippen LogP contribution in [-0.4, -0.2) is 44.3 Å². The quantitative estimate of drug-likeness (QED) is 0.839. The number of hydrogen-bond donors (Lipinski definition) is 2. The maximum Gasteiger partial charge on any atom is 0.267 e. The maximum atomic E-state index is 12.2. The molecule has 1 amide bonds. The summed E-state index contributed by atoms with van der Waals surface area (Å²) < 4.78 is 5.24. The molecule has 2 rings (SSSR count). The standard InChI is InChI=1S/C13H19N3O2/c1-10-3-4-11(12(9-10)14-2)13(17)15-16-5-7-18-8-6-16/h3-4,9,14H,5-8H2,1-2H3,(H,15,17). The number of nitrogens with zero attached hydrogens (tertiary/aromatic N) is 1. The Hall–Kier alpha value is -1.59. The summed E-state index contributed by atoms with van der Waals surface area (Å²) in [6.45, 7) is 4.78. The first-order chi connectivity index (χ1) is 8.70. The van der Waals surface area contributed by atoms with E-state index in [1.807, 2.05) is 37.2 Å². The predicted octanol–water partition coefficient (Wildman–Crippen LogP) is 1.01. The van der Waals surface area contributed by atoms with Gasteiger partial charge >= 0.3 is 0 Å². The number of aryl methyl sites for hydroxylation is 1. The lowest BCUT2D eigenvalue weighted by Gasteiger charge is -2.27. The fraction of sp³-hybridized carbons (Fsp3) is 0.462. The molecule has 1 aromatic rings. The van der Waals surface area contributed by atoms with Gasteiger partial charge in [0.1, 0.15) is 0 Å². The van der Waals surface area contributed by atoms with E-state index < -0.39 is 0 Å². The number of morpholine rings is 1. The zero-order valence-corrected chi connectivity index (χ0v) is 10.8. The smallest absolute Gasteiger partial charge is 0.267 e. The van der Waals surface area contributed by atoms with Crippen LogP contribution in [0.2, 0.25) is 0 Å². The summed E-state index contributed by atoms with van der Waals surface area (Å²) in [4.78, 5) is 12.2. The highest BCUT2D eigenvalue weighted by Gasteiger charge is 2.16. The van der Waals surface area contributed by atoms with E-state index in [1.165, 1.54) is 0 Å². The van der Waals surface area contributed by atoms with Crippen LogP contribution >= 0.6 is 0 Å². The van der Waals surface area contributed by atoms with Gasteiger partial charge in [0.15, 0.2) is 0 Å². The summed E-state index contributed by atoms with van der Waals surface area (Å²) in [5.74, 6) is -0.0822. The number of amides is 1. The van der Waals surface area contributed by atoms with Crippen LogP contribution in [0.1, 0.15) is 15.9 Å². The Labute approximate surface area is 107 Å². The van der Waals surface area contributed by atoms with E-state index in [4.69, 9.17) is 4.74 Å². The second-order valence-electron chi connectivity index (χ2n) is 4.34. The van der Waals surface area contributed by atoms with Gasteiger partial charge in [0, 0.05) is 25.8 Å². The average molecular weight is 249 g/mol. The molecule has 98 valence electrons. The first-order valence-corrected chi connectivity index (χ1v) is 6.13. The van der Waals surface area contributed by atoms with E-state index in [0.717, 1.165) is 24.3 Å². The third-order valence-corrected chi connectivity index (χ3v) is 2.96. The Kier molecular flexibility index (Phi) is 4.17. The number of benzene rings is 1. The van der Waals surface area contributed by atoms with Crippen molar-refractivity contribution >= 4 is 11.6 Å². The summed E-state index contributed by atoms with van der Waals surface area (Å²) in [5.41, 5.74) is 5.54. The molecule has 0 spiro atoms. The molecule has 1 heterocycles. The van der Waals surface area contributed by atoms with Gasteiger partial charge in [0.25, 0.3) is 5.91 Å². The molecule has 18 heavy (non-hydrogen) atoms. The van der Waals surface area contributed by atoms with Crippen LogP contribution in [0.4, 0.5) is 5.69 Å². The summed E-state index contributed by atoms with van der Waals surface area (Å²) in [5, 5.41) is 4.94. The molecule has 0 bridgehead atoms. The number of rotatable bonds is 3.